The molecule has 0 aromatic rings. The number of amides is 1. The van der Waals surface area contributed by atoms with Gasteiger partial charge < -0.3 is 10.4 Å². The first-order valence-electron chi connectivity index (χ1n) is 7.68. The zero-order chi connectivity index (χ0) is 14.4. The monoisotopic (exact) mass is 270 g/mol. The van der Waals surface area contributed by atoms with Gasteiger partial charge in [-0.2, -0.15) is 0 Å². The van der Waals surface area contributed by atoms with Gasteiger partial charge in [0, 0.05) is 12.6 Å². The molecule has 1 aliphatic rings. The van der Waals surface area contributed by atoms with Crippen molar-refractivity contribution in [3.8, 4) is 0 Å². The molecule has 0 bridgehead atoms. The fourth-order valence-electron chi connectivity index (χ4n) is 2.77. The van der Waals surface area contributed by atoms with Crippen LogP contribution in [0.3, 0.4) is 0 Å². The number of nitrogens with one attached hydrogen (secondary N) is 1. The van der Waals surface area contributed by atoms with Gasteiger partial charge in [0.25, 0.3) is 0 Å². The number of carbonyl (C=O) groups is 1. The molecule has 1 rings (SSSR count). The molecule has 0 spiro atoms. The SMILES string of the molecule is CCC(CC)NC(=O)C(C)N(C)CC1CCCC1O. The minimum atomic E-state index is -0.184. The summed E-state index contributed by atoms with van der Waals surface area (Å²) in [5.41, 5.74) is 0. The van der Waals surface area contributed by atoms with Crippen LogP contribution in [0.15, 0.2) is 0 Å². The average molecular weight is 270 g/mol. The molecule has 0 heterocycles. The fourth-order valence-corrected chi connectivity index (χ4v) is 2.77. The number of rotatable bonds is 7. The lowest BCUT2D eigenvalue weighted by molar-refractivity contribution is -0.126. The molecule has 19 heavy (non-hydrogen) atoms. The molecule has 0 aliphatic heterocycles. The van der Waals surface area contributed by atoms with Gasteiger partial charge in [-0.25, -0.2) is 0 Å². The zero-order valence-corrected chi connectivity index (χ0v) is 12.9. The van der Waals surface area contributed by atoms with Gasteiger partial charge in [0.1, 0.15) is 0 Å². The molecule has 2 N–H and O–H groups in total. The molecular formula is C15H30N2O2. The fraction of sp³-hybridized carbons (Fsp3) is 0.933. The molecule has 3 atom stereocenters. The van der Waals surface area contributed by atoms with Gasteiger partial charge in [0.15, 0.2) is 0 Å². The second-order valence-corrected chi connectivity index (χ2v) is 5.90. The molecule has 0 aromatic heterocycles. The van der Waals surface area contributed by atoms with E-state index in [-0.39, 0.29) is 24.1 Å². The van der Waals surface area contributed by atoms with Crippen LogP contribution in [-0.4, -0.2) is 47.7 Å². The smallest absolute Gasteiger partial charge is 0.237 e. The van der Waals surface area contributed by atoms with E-state index < -0.39 is 0 Å². The number of aliphatic hydroxyl groups excluding tert-OH is 1. The number of carbonyl (C=O) groups excluding carboxylic acids is 1. The minimum Gasteiger partial charge on any atom is -0.393 e. The number of hydrogen-bond donors (Lipinski definition) is 2. The molecule has 1 saturated carbocycles. The normalized spacial score (nSPS) is 25.0. The summed E-state index contributed by atoms with van der Waals surface area (Å²) in [4.78, 5) is 14.2. The highest BCUT2D eigenvalue weighted by Gasteiger charge is 2.29. The number of likely N-dealkylation sites (N-methyl/N-ethyl adjacent to an activating group) is 1. The summed E-state index contributed by atoms with van der Waals surface area (Å²) in [6.45, 7) is 6.94. The van der Waals surface area contributed by atoms with Crippen molar-refractivity contribution in [3.05, 3.63) is 0 Å². The highest BCUT2D eigenvalue weighted by Crippen LogP contribution is 2.26. The van der Waals surface area contributed by atoms with E-state index in [1.54, 1.807) is 0 Å². The second kappa shape index (κ2) is 7.85. The van der Waals surface area contributed by atoms with E-state index in [4.69, 9.17) is 0 Å². The molecule has 1 fully saturated rings. The van der Waals surface area contributed by atoms with E-state index in [9.17, 15) is 9.90 Å². The Labute approximate surface area is 117 Å². The average Bonchev–Trinajstić information content (AvgIpc) is 2.80. The molecule has 4 heteroatoms. The van der Waals surface area contributed by atoms with Gasteiger partial charge in [-0.05, 0) is 45.6 Å². The Hall–Kier alpha value is -0.610. The molecule has 0 aromatic carbocycles. The number of hydrogen-bond acceptors (Lipinski definition) is 3. The van der Waals surface area contributed by atoms with Crippen LogP contribution in [0.1, 0.15) is 52.9 Å². The minimum absolute atomic E-state index is 0.101. The van der Waals surface area contributed by atoms with Crippen LogP contribution < -0.4 is 5.32 Å². The van der Waals surface area contributed by atoms with Crippen LogP contribution in [-0.2, 0) is 4.79 Å². The van der Waals surface area contributed by atoms with E-state index in [2.05, 4.69) is 24.1 Å². The van der Waals surface area contributed by atoms with Crippen LogP contribution >= 0.6 is 0 Å². The maximum absolute atomic E-state index is 12.2. The highest BCUT2D eigenvalue weighted by molar-refractivity contribution is 5.81. The Kier molecular flexibility index (Phi) is 6.80. The molecule has 1 amide bonds. The summed E-state index contributed by atoms with van der Waals surface area (Å²) in [6.07, 6.45) is 4.85. The predicted octanol–water partition coefficient (Wildman–Crippen LogP) is 1.77. The molecule has 3 unspecified atom stereocenters. The third-order valence-electron chi connectivity index (χ3n) is 4.51. The summed E-state index contributed by atoms with van der Waals surface area (Å²) in [7, 11) is 1.97. The van der Waals surface area contributed by atoms with E-state index in [1.807, 2.05) is 14.0 Å². The van der Waals surface area contributed by atoms with E-state index in [0.29, 0.717) is 5.92 Å². The molecular weight excluding hydrogens is 240 g/mol. The van der Waals surface area contributed by atoms with Gasteiger partial charge in [0.05, 0.1) is 12.1 Å². The summed E-state index contributed by atoms with van der Waals surface area (Å²) >= 11 is 0. The highest BCUT2D eigenvalue weighted by atomic mass is 16.3. The van der Waals surface area contributed by atoms with Crippen LogP contribution in [0.2, 0.25) is 0 Å². The number of aliphatic hydroxyl groups is 1. The Morgan fingerprint density at radius 2 is 2.00 bits per heavy atom. The Balaban J connectivity index is 2.42. The lowest BCUT2D eigenvalue weighted by Crippen LogP contribution is -2.48. The molecule has 1 aliphatic carbocycles. The van der Waals surface area contributed by atoms with Gasteiger partial charge in [-0.15, -0.1) is 0 Å². The van der Waals surface area contributed by atoms with E-state index in [1.165, 1.54) is 0 Å². The van der Waals surface area contributed by atoms with Crippen molar-refractivity contribution in [2.24, 2.45) is 5.92 Å². The van der Waals surface area contributed by atoms with Crippen LogP contribution in [0.5, 0.6) is 0 Å². The van der Waals surface area contributed by atoms with Crippen molar-refractivity contribution in [1.82, 2.24) is 10.2 Å². The lowest BCUT2D eigenvalue weighted by atomic mass is 10.0. The Morgan fingerprint density at radius 1 is 1.37 bits per heavy atom. The molecule has 4 nitrogen and oxygen atoms in total. The largest absolute Gasteiger partial charge is 0.393 e. The first kappa shape index (κ1) is 16.4. The second-order valence-electron chi connectivity index (χ2n) is 5.90. The summed E-state index contributed by atoms with van der Waals surface area (Å²) in [5.74, 6) is 0.428. The Morgan fingerprint density at radius 3 is 2.47 bits per heavy atom. The van der Waals surface area contributed by atoms with Crippen molar-refractivity contribution in [1.29, 1.82) is 0 Å². The predicted molar refractivity (Wildman–Crippen MR) is 78.0 cm³/mol. The first-order valence-corrected chi connectivity index (χ1v) is 7.68. The van der Waals surface area contributed by atoms with Crippen molar-refractivity contribution in [2.45, 2.75) is 71.1 Å². The quantitative estimate of drug-likeness (QED) is 0.741. The van der Waals surface area contributed by atoms with Gasteiger partial charge in [0.2, 0.25) is 5.91 Å². The van der Waals surface area contributed by atoms with Crippen LogP contribution in [0.4, 0.5) is 0 Å². The third kappa shape index (κ3) is 4.77. The maximum Gasteiger partial charge on any atom is 0.237 e. The number of nitrogens with zero attached hydrogens (tertiary/aromatic N) is 1. The van der Waals surface area contributed by atoms with Crippen LogP contribution in [0, 0.1) is 5.92 Å². The van der Waals surface area contributed by atoms with Crippen molar-refractivity contribution in [2.75, 3.05) is 13.6 Å². The molecule has 0 radical (unpaired) electrons. The van der Waals surface area contributed by atoms with Crippen molar-refractivity contribution < 1.29 is 9.90 Å². The molecule has 112 valence electrons. The van der Waals surface area contributed by atoms with Gasteiger partial charge in [-0.3, -0.25) is 9.69 Å². The van der Waals surface area contributed by atoms with Gasteiger partial charge in [-0.1, -0.05) is 20.3 Å². The van der Waals surface area contributed by atoms with Crippen molar-refractivity contribution >= 4 is 5.91 Å². The maximum atomic E-state index is 12.2. The summed E-state index contributed by atoms with van der Waals surface area (Å²) in [6, 6.07) is 0.147. The van der Waals surface area contributed by atoms with Gasteiger partial charge >= 0.3 is 0 Å². The lowest BCUT2D eigenvalue weighted by Gasteiger charge is -2.29. The van der Waals surface area contributed by atoms with Crippen LogP contribution in [0.25, 0.3) is 0 Å². The third-order valence-corrected chi connectivity index (χ3v) is 4.51. The van der Waals surface area contributed by atoms with E-state index >= 15 is 0 Å². The standard InChI is InChI=1S/C15H30N2O2/c1-5-13(6-2)16-15(19)11(3)17(4)10-12-8-7-9-14(12)18/h11-14,18H,5-10H2,1-4H3,(H,16,19). The van der Waals surface area contributed by atoms with Crippen molar-refractivity contribution in [3.63, 3.8) is 0 Å². The molecule has 0 saturated heterocycles. The topological polar surface area (TPSA) is 52.6 Å². The zero-order valence-electron chi connectivity index (χ0n) is 12.9. The van der Waals surface area contributed by atoms with E-state index in [0.717, 1.165) is 38.6 Å². The Bertz CT molecular complexity index is 279. The summed E-state index contributed by atoms with van der Waals surface area (Å²) in [5, 5.41) is 12.9. The summed E-state index contributed by atoms with van der Waals surface area (Å²) < 4.78 is 0. The first-order chi connectivity index (χ1) is 8.99.